The summed E-state index contributed by atoms with van der Waals surface area (Å²) in [5.74, 6) is 0.583. The van der Waals surface area contributed by atoms with Crippen LogP contribution in [0.1, 0.15) is 99.8 Å². The molecule has 0 bridgehead atoms. The Kier molecular flexibility index (Phi) is 5.75. The van der Waals surface area contributed by atoms with E-state index in [1.54, 1.807) is 13.8 Å². The second-order valence-electron chi connectivity index (χ2n) is 15.9. The number of aliphatic hydroxyl groups excluding tert-OH is 2. The van der Waals surface area contributed by atoms with Gasteiger partial charge >= 0.3 is 5.97 Å². The highest BCUT2D eigenvalue weighted by Gasteiger charge is 2.85. The van der Waals surface area contributed by atoms with Crippen LogP contribution in [-0.2, 0) is 14.3 Å². The number of fused-ring (bicyclic) bond motifs is 4. The van der Waals surface area contributed by atoms with E-state index in [1.165, 1.54) is 13.3 Å². The smallest absolute Gasteiger partial charge is 0.303 e. The number of carbonyl (C=O) groups excluding carboxylic acids is 1. The molecule has 7 unspecified atom stereocenters. The summed E-state index contributed by atoms with van der Waals surface area (Å²) in [5.41, 5.74) is 5.61. The maximum absolute atomic E-state index is 12.2. The molecule has 5 aliphatic carbocycles. The summed E-state index contributed by atoms with van der Waals surface area (Å²) >= 11 is 0. The maximum atomic E-state index is 12.2. The lowest BCUT2D eigenvalue weighted by atomic mass is 9.43. The van der Waals surface area contributed by atoms with E-state index in [0.717, 1.165) is 38.5 Å². The first kappa shape index (κ1) is 27.4. The van der Waals surface area contributed by atoms with E-state index in [0.29, 0.717) is 12.3 Å². The van der Waals surface area contributed by atoms with Gasteiger partial charge in [-0.3, -0.25) is 4.79 Å². The molecular formula is C31H51NO6. The van der Waals surface area contributed by atoms with Crippen LogP contribution in [0.3, 0.4) is 0 Å². The van der Waals surface area contributed by atoms with Crippen molar-refractivity contribution in [2.75, 3.05) is 0 Å². The Bertz CT molecular complexity index is 1010. The molecule has 2 spiro atoms. The van der Waals surface area contributed by atoms with Crippen molar-refractivity contribution in [1.82, 2.24) is 0 Å². The Labute approximate surface area is 228 Å². The van der Waals surface area contributed by atoms with Crippen LogP contribution in [0.25, 0.3) is 0 Å². The van der Waals surface area contributed by atoms with Crippen molar-refractivity contribution in [1.29, 1.82) is 0 Å². The lowest BCUT2D eigenvalue weighted by Gasteiger charge is -2.63. The predicted octanol–water partition coefficient (Wildman–Crippen LogP) is 3.55. The fraction of sp³-hybridized carbons (Fsp3) is 0.968. The largest absolute Gasteiger partial charge is 0.457 e. The molecule has 6 fully saturated rings. The monoisotopic (exact) mass is 533 g/mol. The zero-order chi connectivity index (χ0) is 27.8. The van der Waals surface area contributed by atoms with Crippen LogP contribution >= 0.6 is 0 Å². The Hall–Kier alpha value is -0.730. The maximum Gasteiger partial charge on any atom is 0.303 e. The van der Waals surface area contributed by atoms with Gasteiger partial charge in [-0.05, 0) is 111 Å². The van der Waals surface area contributed by atoms with E-state index in [2.05, 4.69) is 27.7 Å². The van der Waals surface area contributed by atoms with E-state index in [4.69, 9.17) is 15.2 Å². The van der Waals surface area contributed by atoms with E-state index < -0.39 is 41.5 Å². The molecule has 7 nitrogen and oxygen atoms in total. The van der Waals surface area contributed by atoms with Gasteiger partial charge in [0, 0.05) is 6.92 Å². The average Bonchev–Trinajstić information content (AvgIpc) is 3.44. The topological polar surface area (TPSA) is 122 Å². The summed E-state index contributed by atoms with van der Waals surface area (Å²) in [5, 5.41) is 34.0. The minimum Gasteiger partial charge on any atom is -0.457 e. The first-order chi connectivity index (χ1) is 17.5. The first-order valence-electron chi connectivity index (χ1n) is 15.2. The Morgan fingerprint density at radius 2 is 1.68 bits per heavy atom. The van der Waals surface area contributed by atoms with Gasteiger partial charge in [0.05, 0.1) is 35.6 Å². The number of ether oxygens (including phenoxy) is 2. The Morgan fingerprint density at radius 1 is 1.05 bits per heavy atom. The molecule has 1 saturated heterocycles. The molecule has 5 saturated carbocycles. The van der Waals surface area contributed by atoms with Crippen LogP contribution in [-0.4, -0.2) is 62.9 Å². The highest BCUT2D eigenvalue weighted by atomic mass is 16.6. The molecule has 5 N–H and O–H groups in total. The van der Waals surface area contributed by atoms with Gasteiger partial charge in [0.2, 0.25) is 0 Å². The van der Waals surface area contributed by atoms with Gasteiger partial charge in [-0.15, -0.1) is 0 Å². The zero-order valence-corrected chi connectivity index (χ0v) is 24.5. The van der Waals surface area contributed by atoms with Crippen molar-refractivity contribution in [2.45, 2.75) is 141 Å². The molecule has 38 heavy (non-hydrogen) atoms. The standard InChI is InChI=1S/C31H51NO6/c1-16-14-18(25(27(5,6)36)37-17(2)33)38-23-22(16)28(7)12-13-30-15-29(30)11-10-21(34)26(3,4)19(29)8-9-20(30)31(28,32)24(23)35/h16,18-25,34-36H,8-15,32H2,1-7H3/t16-,18?,19+,20?,21?,22+,23?,24+,25+,28?,29?,30?,31+/m1/s1. The van der Waals surface area contributed by atoms with Crippen molar-refractivity contribution in [3.8, 4) is 0 Å². The number of aliphatic hydroxyl groups is 3. The lowest BCUT2D eigenvalue weighted by Crippen LogP contribution is -2.70. The third-order valence-corrected chi connectivity index (χ3v) is 13.6. The molecule has 1 aliphatic heterocycles. The van der Waals surface area contributed by atoms with Gasteiger partial charge in [0.25, 0.3) is 0 Å². The highest BCUT2D eigenvalue weighted by Crippen LogP contribution is 2.87. The van der Waals surface area contributed by atoms with Crippen molar-refractivity contribution in [2.24, 2.45) is 51.1 Å². The van der Waals surface area contributed by atoms with E-state index in [-0.39, 0.29) is 45.5 Å². The van der Waals surface area contributed by atoms with Crippen LogP contribution in [0.2, 0.25) is 0 Å². The van der Waals surface area contributed by atoms with Gasteiger partial charge in [0.1, 0.15) is 0 Å². The summed E-state index contributed by atoms with van der Waals surface area (Å²) in [6, 6.07) is 0. The predicted molar refractivity (Wildman–Crippen MR) is 143 cm³/mol. The zero-order valence-electron chi connectivity index (χ0n) is 24.5. The molecule has 13 atom stereocenters. The fourth-order valence-corrected chi connectivity index (χ4v) is 12.0. The minimum absolute atomic E-state index is 0.0921. The number of hydrogen-bond acceptors (Lipinski definition) is 7. The van der Waals surface area contributed by atoms with Crippen LogP contribution in [0, 0.1) is 45.3 Å². The summed E-state index contributed by atoms with van der Waals surface area (Å²) in [7, 11) is 0. The number of carbonyl (C=O) groups is 1. The van der Waals surface area contributed by atoms with Crippen molar-refractivity contribution >= 4 is 5.97 Å². The van der Waals surface area contributed by atoms with Gasteiger partial charge < -0.3 is 30.5 Å². The molecule has 0 radical (unpaired) electrons. The Balaban J connectivity index is 1.35. The molecule has 6 aliphatic rings. The van der Waals surface area contributed by atoms with Gasteiger partial charge in [-0.1, -0.05) is 27.7 Å². The number of hydrogen-bond donors (Lipinski definition) is 4. The van der Waals surface area contributed by atoms with Gasteiger partial charge in [-0.25, -0.2) is 0 Å². The van der Waals surface area contributed by atoms with Crippen LogP contribution in [0.5, 0.6) is 0 Å². The molecule has 7 heteroatoms. The molecular weight excluding hydrogens is 482 g/mol. The molecule has 6 rings (SSSR count). The Morgan fingerprint density at radius 3 is 2.32 bits per heavy atom. The van der Waals surface area contributed by atoms with Gasteiger partial charge in [-0.2, -0.15) is 0 Å². The average molecular weight is 534 g/mol. The normalized spacial score (nSPS) is 55.4. The molecule has 0 amide bonds. The van der Waals surface area contributed by atoms with Crippen molar-refractivity contribution in [3.05, 3.63) is 0 Å². The minimum atomic E-state index is -1.27. The van der Waals surface area contributed by atoms with E-state index >= 15 is 0 Å². The molecule has 0 aromatic heterocycles. The number of esters is 1. The summed E-state index contributed by atoms with van der Waals surface area (Å²) in [4.78, 5) is 11.9. The SMILES string of the molecule is CC(=O)O[C@@H](C1C[C@@H](C)[C@H]2C(O1)[C@H](O)[C@@]1(N)C3CC[C@H]4C(C)(C)C(O)CCC45CC35CCC21C)C(C)(C)O. The molecule has 216 valence electrons. The van der Waals surface area contributed by atoms with Crippen LogP contribution < -0.4 is 5.73 Å². The second kappa shape index (κ2) is 7.96. The summed E-state index contributed by atoms with van der Waals surface area (Å²) < 4.78 is 12.3. The first-order valence-corrected chi connectivity index (χ1v) is 15.2. The van der Waals surface area contributed by atoms with Crippen LogP contribution in [0.4, 0.5) is 0 Å². The molecule has 0 aromatic carbocycles. The highest BCUT2D eigenvalue weighted by molar-refractivity contribution is 5.66. The number of rotatable bonds is 3. The third kappa shape index (κ3) is 3.12. The summed E-state index contributed by atoms with van der Waals surface area (Å²) in [6.45, 7) is 13.7. The van der Waals surface area contributed by atoms with Crippen molar-refractivity contribution < 1.29 is 29.6 Å². The van der Waals surface area contributed by atoms with Crippen LogP contribution in [0.15, 0.2) is 0 Å². The summed E-state index contributed by atoms with van der Waals surface area (Å²) in [6.07, 6.45) is 5.07. The third-order valence-electron chi connectivity index (χ3n) is 13.6. The second-order valence-corrected chi connectivity index (χ2v) is 15.9. The lowest BCUT2D eigenvalue weighted by molar-refractivity contribution is -0.216. The van der Waals surface area contributed by atoms with Gasteiger partial charge in [0.15, 0.2) is 6.10 Å². The fourth-order valence-electron chi connectivity index (χ4n) is 12.0. The van der Waals surface area contributed by atoms with E-state index in [1.807, 2.05) is 0 Å². The molecule has 1 heterocycles. The van der Waals surface area contributed by atoms with Crippen molar-refractivity contribution in [3.63, 3.8) is 0 Å². The number of nitrogens with two attached hydrogens (primary N) is 1. The quantitative estimate of drug-likeness (QED) is 0.409. The molecule has 0 aromatic rings. The van der Waals surface area contributed by atoms with E-state index in [9.17, 15) is 20.1 Å².